The molecule has 17 heteroatoms. The van der Waals surface area contributed by atoms with Gasteiger partial charge in [0.1, 0.15) is 12.0 Å². The molecule has 1 fully saturated rings. The number of phenols is 1. The fourth-order valence-corrected chi connectivity index (χ4v) is 9.29. The molecular weight excluding hydrogens is 985 g/mol. The van der Waals surface area contributed by atoms with E-state index in [1.165, 1.54) is 23.8 Å². The maximum absolute atomic E-state index is 12.2. The molecule has 3 heterocycles. The van der Waals surface area contributed by atoms with Gasteiger partial charge < -0.3 is 35.2 Å². The number of nitrogens with one attached hydrogen (secondary N) is 1. The van der Waals surface area contributed by atoms with E-state index in [-0.39, 0.29) is 45.9 Å². The number of hydrogen-bond acceptors (Lipinski definition) is 15. The summed E-state index contributed by atoms with van der Waals surface area (Å²) in [6.45, 7) is 18.3. The fraction of sp³-hybridized carbons (Fsp3) is 0.267. The number of ketones is 6. The van der Waals surface area contributed by atoms with Crippen molar-refractivity contribution in [3.63, 3.8) is 0 Å². The van der Waals surface area contributed by atoms with Crippen LogP contribution in [0.1, 0.15) is 118 Å². The summed E-state index contributed by atoms with van der Waals surface area (Å²) in [5.41, 5.74) is 3.76. The van der Waals surface area contributed by atoms with Gasteiger partial charge in [-0.15, -0.1) is 0 Å². The first kappa shape index (κ1) is 57.8. The first-order valence-corrected chi connectivity index (χ1v) is 24.5. The van der Waals surface area contributed by atoms with Gasteiger partial charge in [-0.05, 0) is 92.0 Å². The van der Waals surface area contributed by atoms with Crippen molar-refractivity contribution >= 4 is 69.0 Å². The number of aldehydes is 1. The second-order valence-corrected chi connectivity index (χ2v) is 20.4. The quantitative estimate of drug-likeness (QED) is 0.0492. The van der Waals surface area contributed by atoms with Crippen molar-refractivity contribution in [3.05, 3.63) is 188 Å². The molecule has 5 aromatic carbocycles. The van der Waals surface area contributed by atoms with Crippen LogP contribution in [0.2, 0.25) is 0 Å². The molecule has 6 N–H and O–H groups in total. The monoisotopic (exact) mass is 1050 g/mol. The zero-order valence-corrected chi connectivity index (χ0v) is 44.0. The molecule has 5 aromatic rings. The Morgan fingerprint density at radius 3 is 1.69 bits per heavy atom. The lowest BCUT2D eigenvalue weighted by atomic mass is 9.76. The lowest BCUT2D eigenvalue weighted by Crippen LogP contribution is -2.32. The van der Waals surface area contributed by atoms with E-state index in [1.54, 1.807) is 139 Å². The Bertz CT molecular complexity index is 3350. The number of aliphatic hydroxyl groups is 1. The molecule has 11 rings (SSSR count). The average molecular weight is 1050 g/mol. The highest BCUT2D eigenvalue weighted by atomic mass is 16.5. The Morgan fingerprint density at radius 2 is 1.17 bits per heavy atom. The summed E-state index contributed by atoms with van der Waals surface area (Å²) in [7, 11) is 0. The first-order chi connectivity index (χ1) is 36.4. The summed E-state index contributed by atoms with van der Waals surface area (Å²) in [5, 5.41) is 30.6. The van der Waals surface area contributed by atoms with Crippen molar-refractivity contribution in [1.29, 1.82) is 0 Å². The summed E-state index contributed by atoms with van der Waals surface area (Å²) >= 11 is 0. The summed E-state index contributed by atoms with van der Waals surface area (Å²) in [6.07, 6.45) is 5.66. The summed E-state index contributed by atoms with van der Waals surface area (Å²) in [6, 6.07) is 29.1. The molecule has 17 nitrogen and oxygen atoms in total. The number of aromatic hydroxyl groups is 1. The third-order valence-corrected chi connectivity index (χ3v) is 13.6. The predicted molar refractivity (Wildman–Crippen MR) is 288 cm³/mol. The molecule has 1 unspecified atom stereocenters. The third kappa shape index (κ3) is 11.7. The molecule has 1 amide bonds. The van der Waals surface area contributed by atoms with Crippen molar-refractivity contribution < 1.29 is 63.3 Å². The van der Waals surface area contributed by atoms with Crippen LogP contribution in [-0.4, -0.2) is 105 Å². The second kappa shape index (κ2) is 23.6. The van der Waals surface area contributed by atoms with Crippen LogP contribution in [0.4, 0.5) is 5.69 Å². The van der Waals surface area contributed by atoms with E-state index >= 15 is 0 Å². The predicted octanol–water partition coefficient (Wildman–Crippen LogP) is 8.30. The average Bonchev–Trinajstić information content (AvgIpc) is 3.81. The van der Waals surface area contributed by atoms with E-state index in [0.29, 0.717) is 72.1 Å². The highest BCUT2D eigenvalue weighted by molar-refractivity contribution is 6.54. The number of amides is 1. The Balaban J connectivity index is 0.000000157. The van der Waals surface area contributed by atoms with Crippen molar-refractivity contribution in [3.8, 4) is 5.75 Å². The molecular formula is C60H61N4O13+. The van der Waals surface area contributed by atoms with E-state index in [1.807, 2.05) is 6.07 Å². The van der Waals surface area contributed by atoms with Crippen LogP contribution >= 0.6 is 0 Å². The highest BCUT2D eigenvalue weighted by Crippen LogP contribution is 2.49. The molecule has 0 radical (unpaired) electrons. The minimum atomic E-state index is -1.13. The summed E-state index contributed by atoms with van der Waals surface area (Å²) < 4.78 is 5.85. The van der Waals surface area contributed by atoms with E-state index in [0.717, 1.165) is 26.3 Å². The number of aliphatic hydroxyl groups excluding tert-OH is 1. The maximum Gasteiger partial charge on any atom is 0.318 e. The number of nitroso groups, excluding NO2 is 1. The summed E-state index contributed by atoms with van der Waals surface area (Å²) in [4.78, 5) is 108. The van der Waals surface area contributed by atoms with Crippen molar-refractivity contribution in [1.82, 2.24) is 10.2 Å². The SMILES string of the molecule is CC(C)(C=O)C1=CC(=O)c2ccccc2C1=O.CC(C)=CN1CCOCC1.CC1(C)C(=O)NC2=C1C(=O)C(=O)c1ccccc12.CC1(C)c2cc(O)c3ccccc3c2[N+](=O)C1O.NO.O=C1C=CC(=O)c2ccccc21. The van der Waals surface area contributed by atoms with Crippen molar-refractivity contribution in [2.24, 2.45) is 16.7 Å². The number of hydrogen-bond donors (Lipinski definition) is 5. The fourth-order valence-electron chi connectivity index (χ4n) is 9.29. The van der Waals surface area contributed by atoms with Gasteiger partial charge in [0.25, 0.3) is 5.69 Å². The number of ether oxygens (including phenoxy) is 1. The zero-order chi connectivity index (χ0) is 56.7. The Kier molecular flexibility index (Phi) is 17.7. The van der Waals surface area contributed by atoms with E-state index < -0.39 is 34.0 Å². The van der Waals surface area contributed by atoms with Crippen LogP contribution in [0.25, 0.3) is 16.5 Å². The molecule has 3 aliphatic carbocycles. The molecule has 6 aliphatic rings. The van der Waals surface area contributed by atoms with Crippen LogP contribution < -0.4 is 11.2 Å². The minimum absolute atomic E-state index is 0.0924. The zero-order valence-electron chi connectivity index (χ0n) is 44.0. The number of benzene rings is 5. The van der Waals surface area contributed by atoms with Gasteiger partial charge >= 0.3 is 6.23 Å². The van der Waals surface area contributed by atoms with Crippen molar-refractivity contribution in [2.75, 3.05) is 26.3 Å². The minimum Gasteiger partial charge on any atom is -0.507 e. The van der Waals surface area contributed by atoms with Crippen LogP contribution in [0, 0.1) is 15.7 Å². The topological polar surface area (TPSA) is 268 Å². The number of nitrogens with two attached hydrogens (primary N) is 1. The van der Waals surface area contributed by atoms with Gasteiger partial charge in [-0.25, -0.2) is 5.90 Å². The lowest BCUT2D eigenvalue weighted by Gasteiger charge is -2.25. The Hall–Kier alpha value is -8.48. The van der Waals surface area contributed by atoms with Gasteiger partial charge in [0.2, 0.25) is 17.5 Å². The molecule has 1 atom stereocenters. The Morgan fingerprint density at radius 1 is 0.701 bits per heavy atom. The molecule has 77 heavy (non-hydrogen) atoms. The number of carbonyl (C=O) groups is 8. The number of rotatable bonds is 3. The Labute approximate surface area is 444 Å². The molecule has 3 aliphatic heterocycles. The van der Waals surface area contributed by atoms with Gasteiger partial charge in [-0.3, -0.25) is 33.6 Å². The number of nitrogens with zero attached hydrogens (tertiary/aromatic N) is 2. The summed E-state index contributed by atoms with van der Waals surface area (Å²) in [5.74, 6) is 1.64. The van der Waals surface area contributed by atoms with Gasteiger partial charge in [-0.1, -0.05) is 96.6 Å². The smallest absolute Gasteiger partial charge is 0.318 e. The third-order valence-electron chi connectivity index (χ3n) is 13.6. The molecule has 0 saturated carbocycles. The van der Waals surface area contributed by atoms with E-state index in [2.05, 4.69) is 36.2 Å². The molecule has 0 spiro atoms. The first-order valence-electron chi connectivity index (χ1n) is 24.5. The van der Waals surface area contributed by atoms with Gasteiger partial charge in [-0.2, -0.15) is 0 Å². The van der Waals surface area contributed by atoms with Gasteiger partial charge in [0, 0.05) is 78.9 Å². The number of phenolic OH excluding ortho intramolecular Hbond substituents is 1. The second-order valence-electron chi connectivity index (χ2n) is 20.4. The number of allylic oxidation sites excluding steroid dienone is 5. The number of carbonyl (C=O) groups excluding carboxylic acids is 8. The molecule has 398 valence electrons. The van der Waals surface area contributed by atoms with Crippen molar-refractivity contribution in [2.45, 2.75) is 67.0 Å². The van der Waals surface area contributed by atoms with Crippen LogP contribution in [-0.2, 0) is 24.5 Å². The lowest BCUT2D eigenvalue weighted by molar-refractivity contribution is -0.554. The normalized spacial score (nSPS) is 18.0. The van der Waals surface area contributed by atoms with Gasteiger partial charge in [0.15, 0.2) is 23.1 Å². The number of fused-ring (bicyclic) bond motifs is 7. The van der Waals surface area contributed by atoms with Gasteiger partial charge in [0.05, 0.1) is 39.9 Å². The van der Waals surface area contributed by atoms with E-state index in [9.17, 15) is 53.5 Å². The maximum atomic E-state index is 12.2. The number of Topliss-reactive ketones (excluding diaryl/α,β-unsaturated/α-hetero) is 3. The van der Waals surface area contributed by atoms with Crippen LogP contribution in [0.3, 0.4) is 0 Å². The molecule has 0 aromatic heterocycles. The largest absolute Gasteiger partial charge is 0.507 e. The van der Waals surface area contributed by atoms with E-state index in [4.69, 9.17) is 9.94 Å². The van der Waals surface area contributed by atoms with Crippen LogP contribution in [0.15, 0.2) is 144 Å². The molecule has 1 saturated heterocycles. The highest BCUT2D eigenvalue weighted by Gasteiger charge is 2.54. The molecule has 0 bridgehead atoms. The van der Waals surface area contributed by atoms with Crippen LogP contribution in [0.5, 0.6) is 5.75 Å². The number of morpholine rings is 1. The standard InChI is InChI=1S/C14H13NO3.C14H11NO3.C14H12O3.C10H6O2.C8H15NO.H3NO/c1-14(2)10-7-11(16)8-5-3-4-6-9(8)12(10)15(18)13(14)17;1-14(2)9-10(15-13(14)18)7-5-3-4-6-8(7)11(16)12(9)17;1-14(2,8-15)11-7-12(16)9-5-3-4-6-10(9)13(11)17;11-9-5-6-10(12)8-4-2-1-3-7(8)9;1-8(2)7-9-3-5-10-6-4-9;1-2/h3-7,13,17H,1-2H3;3-6H,1-2H3,(H,15,18);3-8H,1-2H3;1-6H;7H,3-6H2,1-2H3;2H,1H2/p+1.